The van der Waals surface area contributed by atoms with E-state index in [2.05, 4.69) is 12.1 Å². The summed E-state index contributed by atoms with van der Waals surface area (Å²) >= 11 is 6.19. The molecule has 1 aliphatic rings. The fourth-order valence-corrected chi connectivity index (χ4v) is 3.78. The van der Waals surface area contributed by atoms with Crippen LogP contribution in [0, 0.1) is 0 Å². The topological polar surface area (TPSA) is 66.1 Å². The molecule has 1 aliphatic heterocycles. The van der Waals surface area contributed by atoms with Crippen molar-refractivity contribution in [3.05, 3.63) is 88.9 Å². The number of rotatable bonds is 7. The van der Waals surface area contributed by atoms with Crippen LogP contribution in [-0.4, -0.2) is 33.0 Å². The third-order valence-electron chi connectivity index (χ3n) is 5.12. The molecule has 5 nitrogen and oxygen atoms in total. The molecule has 0 bridgehead atoms. The molecule has 1 atom stereocenters. The Bertz CT molecular complexity index is 1050. The molecule has 0 radical (unpaired) electrons. The number of ether oxygens (including phenoxy) is 3. The molecule has 0 aliphatic carbocycles. The van der Waals surface area contributed by atoms with Gasteiger partial charge in [0.1, 0.15) is 19.0 Å². The number of halogens is 1. The minimum Gasteiger partial charge on any atom is -0.491 e. The number of nitrogens with two attached hydrogens (primary N) is 1. The van der Waals surface area contributed by atoms with Crippen LogP contribution in [0.3, 0.4) is 0 Å². The predicted octanol–water partition coefficient (Wildman–Crippen LogP) is 4.62. The van der Waals surface area contributed by atoms with Crippen molar-refractivity contribution >= 4 is 17.6 Å². The summed E-state index contributed by atoms with van der Waals surface area (Å²) in [5.74, 6) is 0.773. The molecule has 30 heavy (non-hydrogen) atoms. The molecule has 1 unspecified atom stereocenters. The fraction of sp³-hybridized carbons (Fsp3) is 0.208. The third kappa shape index (κ3) is 4.13. The highest BCUT2D eigenvalue weighted by Gasteiger charge is 2.40. The van der Waals surface area contributed by atoms with Crippen LogP contribution in [0.1, 0.15) is 11.1 Å². The Hall–Kier alpha value is -3.02. The van der Waals surface area contributed by atoms with Crippen molar-refractivity contribution in [2.24, 2.45) is 10.7 Å². The molecule has 2 N–H and O–H groups in total. The van der Waals surface area contributed by atoms with Crippen molar-refractivity contribution in [2.45, 2.75) is 5.54 Å². The van der Waals surface area contributed by atoms with Gasteiger partial charge < -0.3 is 19.9 Å². The number of aliphatic imine (C=N–C) groups is 1. The predicted molar refractivity (Wildman–Crippen MR) is 119 cm³/mol. The second-order valence-electron chi connectivity index (χ2n) is 7.06. The lowest BCUT2D eigenvalue weighted by Gasteiger charge is -2.26. The molecule has 0 spiro atoms. The van der Waals surface area contributed by atoms with Crippen LogP contribution in [0.5, 0.6) is 5.75 Å². The van der Waals surface area contributed by atoms with Crippen molar-refractivity contribution in [3.63, 3.8) is 0 Å². The zero-order chi connectivity index (χ0) is 21.0. The van der Waals surface area contributed by atoms with Crippen molar-refractivity contribution < 1.29 is 14.2 Å². The Balaban J connectivity index is 1.71. The van der Waals surface area contributed by atoms with Gasteiger partial charge >= 0.3 is 0 Å². The molecule has 0 saturated carbocycles. The first kappa shape index (κ1) is 20.3. The van der Waals surface area contributed by atoms with E-state index < -0.39 is 5.54 Å². The van der Waals surface area contributed by atoms with Crippen LogP contribution in [0.4, 0.5) is 0 Å². The number of hydrogen-bond acceptors (Lipinski definition) is 5. The first-order valence-electron chi connectivity index (χ1n) is 9.68. The van der Waals surface area contributed by atoms with E-state index in [4.69, 9.17) is 36.5 Å². The van der Waals surface area contributed by atoms with Crippen LogP contribution in [-0.2, 0) is 15.0 Å². The Morgan fingerprint density at radius 1 is 0.967 bits per heavy atom. The van der Waals surface area contributed by atoms with Gasteiger partial charge in [-0.3, -0.25) is 0 Å². The molecule has 0 saturated heterocycles. The van der Waals surface area contributed by atoms with Gasteiger partial charge in [0, 0.05) is 12.1 Å². The summed E-state index contributed by atoms with van der Waals surface area (Å²) in [6, 6.07) is 24.0. The maximum Gasteiger partial charge on any atom is 0.283 e. The van der Waals surface area contributed by atoms with Crippen molar-refractivity contribution in [3.8, 4) is 16.9 Å². The second-order valence-corrected chi connectivity index (χ2v) is 7.49. The molecule has 6 heteroatoms. The average Bonchev–Trinajstić information content (AvgIpc) is 3.17. The molecule has 154 valence electrons. The van der Waals surface area contributed by atoms with E-state index >= 15 is 0 Å². The fourth-order valence-electron chi connectivity index (χ4n) is 3.59. The molecule has 0 aromatic heterocycles. The van der Waals surface area contributed by atoms with Crippen molar-refractivity contribution in [1.82, 2.24) is 0 Å². The molecular weight excluding hydrogens is 400 g/mol. The van der Waals surface area contributed by atoms with Gasteiger partial charge in [0.2, 0.25) is 0 Å². The summed E-state index contributed by atoms with van der Waals surface area (Å²) in [7, 11) is 1.65. The van der Waals surface area contributed by atoms with Gasteiger partial charge in [-0.05, 0) is 52.6 Å². The van der Waals surface area contributed by atoms with Crippen LogP contribution in [0.25, 0.3) is 11.1 Å². The highest BCUT2D eigenvalue weighted by Crippen LogP contribution is 2.39. The van der Waals surface area contributed by atoms with Crippen molar-refractivity contribution in [2.75, 3.05) is 26.9 Å². The average molecular weight is 423 g/mol. The largest absolute Gasteiger partial charge is 0.491 e. The molecule has 0 amide bonds. The van der Waals surface area contributed by atoms with E-state index in [1.54, 1.807) is 7.11 Å². The first-order chi connectivity index (χ1) is 14.6. The van der Waals surface area contributed by atoms with E-state index in [1.807, 2.05) is 60.7 Å². The van der Waals surface area contributed by atoms with Gasteiger partial charge in [0.25, 0.3) is 6.02 Å². The third-order valence-corrected chi connectivity index (χ3v) is 5.35. The van der Waals surface area contributed by atoms with Gasteiger partial charge in [-0.15, -0.1) is 0 Å². The molecule has 3 aromatic carbocycles. The Kier molecular flexibility index (Phi) is 5.93. The molecule has 1 heterocycles. The summed E-state index contributed by atoms with van der Waals surface area (Å²) in [4.78, 5) is 4.70. The van der Waals surface area contributed by atoms with Crippen LogP contribution in [0.15, 0.2) is 77.8 Å². The van der Waals surface area contributed by atoms with Gasteiger partial charge in [0.15, 0.2) is 5.54 Å². The summed E-state index contributed by atoms with van der Waals surface area (Å²) in [6.07, 6.45) is 0. The van der Waals surface area contributed by atoms with Gasteiger partial charge in [-0.2, -0.15) is 0 Å². The van der Waals surface area contributed by atoms with E-state index in [-0.39, 0.29) is 6.02 Å². The van der Waals surface area contributed by atoms with Crippen molar-refractivity contribution in [1.29, 1.82) is 0 Å². The standard InChI is InChI=1S/C24H23ClN2O3/c1-28-12-13-29-22-10-8-19(9-11-22)24(16-30-23(26)27-24)20-6-2-4-17(14-20)18-5-3-7-21(25)15-18/h2-11,14-15H,12-13,16H2,1H3,(H2,26,27). The SMILES string of the molecule is COCCOc1ccc(C2(c3cccc(-c4cccc(Cl)c4)c3)COC(N)=N2)cc1. The summed E-state index contributed by atoms with van der Waals surface area (Å²) in [5.41, 5.74) is 9.28. The Labute approximate surface area is 181 Å². The quantitative estimate of drug-likeness (QED) is 0.564. The van der Waals surface area contributed by atoms with Crippen LogP contribution >= 0.6 is 11.6 Å². The Morgan fingerprint density at radius 2 is 1.70 bits per heavy atom. The summed E-state index contributed by atoms with van der Waals surface area (Å²) in [6.45, 7) is 1.37. The number of benzene rings is 3. The summed E-state index contributed by atoms with van der Waals surface area (Å²) in [5, 5.41) is 0.697. The van der Waals surface area contributed by atoms with E-state index in [0.717, 1.165) is 28.0 Å². The van der Waals surface area contributed by atoms with Crippen LogP contribution < -0.4 is 10.5 Å². The van der Waals surface area contributed by atoms with E-state index in [9.17, 15) is 0 Å². The highest BCUT2D eigenvalue weighted by atomic mass is 35.5. The zero-order valence-corrected chi connectivity index (χ0v) is 17.4. The molecule has 3 aromatic rings. The van der Waals surface area contributed by atoms with Gasteiger partial charge in [-0.25, -0.2) is 4.99 Å². The number of nitrogens with zero attached hydrogens (tertiary/aromatic N) is 1. The maximum absolute atomic E-state index is 6.19. The number of amidine groups is 1. The monoisotopic (exact) mass is 422 g/mol. The number of hydrogen-bond donors (Lipinski definition) is 1. The lowest BCUT2D eigenvalue weighted by Crippen LogP contribution is -2.27. The highest BCUT2D eigenvalue weighted by molar-refractivity contribution is 6.30. The summed E-state index contributed by atoms with van der Waals surface area (Å²) < 4.78 is 16.3. The normalized spacial score (nSPS) is 18.0. The van der Waals surface area contributed by atoms with E-state index in [0.29, 0.717) is 24.8 Å². The molecular formula is C24H23ClN2O3. The Morgan fingerprint density at radius 3 is 2.37 bits per heavy atom. The molecule has 4 rings (SSSR count). The number of methoxy groups -OCH3 is 1. The maximum atomic E-state index is 6.19. The zero-order valence-electron chi connectivity index (χ0n) is 16.7. The molecule has 0 fully saturated rings. The van der Waals surface area contributed by atoms with Gasteiger partial charge in [0.05, 0.1) is 6.61 Å². The first-order valence-corrected chi connectivity index (χ1v) is 10.1. The van der Waals surface area contributed by atoms with E-state index in [1.165, 1.54) is 0 Å². The minimum atomic E-state index is -0.719. The lowest BCUT2D eigenvalue weighted by atomic mass is 9.83. The lowest BCUT2D eigenvalue weighted by molar-refractivity contribution is 0.146. The van der Waals surface area contributed by atoms with Gasteiger partial charge in [-0.1, -0.05) is 54.1 Å². The van der Waals surface area contributed by atoms with Crippen LogP contribution in [0.2, 0.25) is 5.02 Å². The second kappa shape index (κ2) is 8.78. The smallest absolute Gasteiger partial charge is 0.283 e. The minimum absolute atomic E-state index is 0.184.